The Morgan fingerprint density at radius 3 is 2.50 bits per heavy atom. The van der Waals surface area contributed by atoms with E-state index in [-0.39, 0.29) is 10.7 Å². The predicted molar refractivity (Wildman–Crippen MR) is 70.1 cm³/mol. The Hall–Kier alpha value is -1.14. The van der Waals surface area contributed by atoms with Crippen LogP contribution in [-0.2, 0) is 10.0 Å². The van der Waals surface area contributed by atoms with Gasteiger partial charge in [-0.25, -0.2) is 8.42 Å². The molecule has 0 aliphatic rings. The molecule has 4 nitrogen and oxygen atoms in total. The minimum absolute atomic E-state index is 0.0451. The first-order valence-corrected chi connectivity index (χ1v) is 6.72. The molecule has 0 fully saturated rings. The van der Waals surface area contributed by atoms with E-state index in [1.807, 2.05) is 19.9 Å². The maximum Gasteiger partial charge on any atom is 0.239 e. The van der Waals surface area contributed by atoms with Gasteiger partial charge >= 0.3 is 0 Å². The van der Waals surface area contributed by atoms with Gasteiger partial charge in [-0.3, -0.25) is 4.72 Å². The first kappa shape index (κ1) is 12.9. The van der Waals surface area contributed by atoms with Crippen LogP contribution in [0.2, 0.25) is 0 Å². The van der Waals surface area contributed by atoms with Gasteiger partial charge in [0.15, 0.2) is 0 Å². The molecule has 16 heavy (non-hydrogen) atoms. The molecule has 0 unspecified atom stereocenters. The third-order valence-electron chi connectivity index (χ3n) is 2.11. The van der Waals surface area contributed by atoms with Crippen LogP contribution in [0.5, 0.6) is 0 Å². The quantitative estimate of drug-likeness (QED) is 0.799. The minimum atomic E-state index is -3.48. The summed E-state index contributed by atoms with van der Waals surface area (Å²) in [6, 6.07) is 5.33. The van der Waals surface area contributed by atoms with Gasteiger partial charge in [0, 0.05) is 5.69 Å². The van der Waals surface area contributed by atoms with E-state index in [0.717, 1.165) is 11.1 Å². The van der Waals surface area contributed by atoms with Crippen molar-refractivity contribution in [3.05, 3.63) is 29.3 Å². The van der Waals surface area contributed by atoms with Gasteiger partial charge in [-0.2, -0.15) is 0 Å². The number of sulfonamides is 1. The summed E-state index contributed by atoms with van der Waals surface area (Å²) < 4.78 is 25.5. The zero-order valence-corrected chi connectivity index (χ0v) is 10.8. The third-order valence-corrected chi connectivity index (χ3v) is 3.68. The average Bonchev–Trinajstić information content (AvgIpc) is 2.08. The van der Waals surface area contributed by atoms with Crippen molar-refractivity contribution >= 4 is 32.9 Å². The van der Waals surface area contributed by atoms with Crippen LogP contribution in [0.25, 0.3) is 0 Å². The smallest absolute Gasteiger partial charge is 0.239 e. The highest BCUT2D eigenvalue weighted by atomic mass is 32.2. The standard InChI is InChI=1S/C10H14N2O2S2/c1-7-3-4-9(5-8(7)2)12-16(13,14)6-10(11)15/h3-5,12H,6H2,1-2H3,(H2,11,15). The largest absolute Gasteiger partial charge is 0.392 e. The summed E-state index contributed by atoms with van der Waals surface area (Å²) in [5.74, 6) is -0.338. The summed E-state index contributed by atoms with van der Waals surface area (Å²) in [4.78, 5) is -0.0451. The predicted octanol–water partition coefficient (Wildman–Crippen LogP) is 1.33. The lowest BCUT2D eigenvalue weighted by Gasteiger charge is -2.08. The van der Waals surface area contributed by atoms with E-state index in [4.69, 9.17) is 5.73 Å². The number of aryl methyl sites for hydroxylation is 2. The van der Waals surface area contributed by atoms with E-state index < -0.39 is 10.0 Å². The number of thiocarbonyl (C=S) groups is 1. The Labute approximate surface area is 101 Å². The number of benzene rings is 1. The van der Waals surface area contributed by atoms with Gasteiger partial charge in [0.2, 0.25) is 10.0 Å². The SMILES string of the molecule is Cc1ccc(NS(=O)(=O)CC(N)=S)cc1C. The second-order valence-corrected chi connectivity index (χ2v) is 5.87. The molecule has 1 aromatic carbocycles. The maximum absolute atomic E-state index is 11.5. The van der Waals surface area contributed by atoms with Gasteiger partial charge in [-0.1, -0.05) is 18.3 Å². The molecule has 0 aromatic heterocycles. The highest BCUT2D eigenvalue weighted by molar-refractivity contribution is 7.95. The van der Waals surface area contributed by atoms with Crippen LogP contribution in [0.15, 0.2) is 18.2 Å². The fraction of sp³-hybridized carbons (Fsp3) is 0.300. The molecule has 0 radical (unpaired) electrons. The maximum atomic E-state index is 11.5. The van der Waals surface area contributed by atoms with Crippen molar-refractivity contribution in [2.75, 3.05) is 10.5 Å². The number of hydrogen-bond donors (Lipinski definition) is 2. The van der Waals surface area contributed by atoms with Gasteiger partial charge in [-0.15, -0.1) is 0 Å². The second-order valence-electron chi connectivity index (χ2n) is 3.63. The van der Waals surface area contributed by atoms with Crippen LogP contribution in [0.3, 0.4) is 0 Å². The lowest BCUT2D eigenvalue weighted by Crippen LogP contribution is -2.26. The lowest BCUT2D eigenvalue weighted by molar-refractivity contribution is 0.605. The van der Waals surface area contributed by atoms with E-state index in [9.17, 15) is 8.42 Å². The molecule has 0 aliphatic heterocycles. The molecule has 0 spiro atoms. The normalized spacial score (nSPS) is 11.1. The molecular formula is C10H14N2O2S2. The van der Waals surface area contributed by atoms with Crippen LogP contribution >= 0.6 is 12.2 Å². The van der Waals surface area contributed by atoms with Crippen molar-refractivity contribution in [3.63, 3.8) is 0 Å². The van der Waals surface area contributed by atoms with Gasteiger partial charge in [0.1, 0.15) is 5.75 Å². The molecule has 3 N–H and O–H groups in total. The Morgan fingerprint density at radius 2 is 2.00 bits per heavy atom. The number of anilines is 1. The zero-order valence-electron chi connectivity index (χ0n) is 9.15. The number of hydrogen-bond acceptors (Lipinski definition) is 3. The van der Waals surface area contributed by atoms with E-state index in [1.54, 1.807) is 12.1 Å². The van der Waals surface area contributed by atoms with E-state index in [1.165, 1.54) is 0 Å². The average molecular weight is 258 g/mol. The Balaban J connectivity index is 2.88. The van der Waals surface area contributed by atoms with Crippen molar-refractivity contribution in [2.24, 2.45) is 5.73 Å². The molecule has 1 aromatic rings. The molecule has 0 bridgehead atoms. The van der Waals surface area contributed by atoms with E-state index in [0.29, 0.717) is 5.69 Å². The number of nitrogens with one attached hydrogen (secondary N) is 1. The van der Waals surface area contributed by atoms with E-state index in [2.05, 4.69) is 16.9 Å². The van der Waals surface area contributed by atoms with Gasteiger partial charge < -0.3 is 5.73 Å². The Morgan fingerprint density at radius 1 is 1.38 bits per heavy atom. The van der Waals surface area contributed by atoms with E-state index >= 15 is 0 Å². The van der Waals surface area contributed by atoms with Crippen LogP contribution in [-0.4, -0.2) is 19.2 Å². The highest BCUT2D eigenvalue weighted by Gasteiger charge is 2.11. The van der Waals surface area contributed by atoms with Gasteiger partial charge in [0.25, 0.3) is 0 Å². The van der Waals surface area contributed by atoms with Crippen molar-refractivity contribution in [2.45, 2.75) is 13.8 Å². The molecule has 0 saturated carbocycles. The van der Waals surface area contributed by atoms with Gasteiger partial charge in [-0.05, 0) is 37.1 Å². The fourth-order valence-electron chi connectivity index (χ4n) is 1.21. The van der Waals surface area contributed by atoms with Gasteiger partial charge in [0.05, 0.1) is 4.99 Å². The summed E-state index contributed by atoms with van der Waals surface area (Å²) >= 11 is 4.57. The van der Waals surface area contributed by atoms with Crippen LogP contribution in [0.4, 0.5) is 5.69 Å². The summed E-state index contributed by atoms with van der Waals surface area (Å²) in [5.41, 5.74) is 7.86. The molecular weight excluding hydrogens is 244 g/mol. The molecule has 0 heterocycles. The molecule has 88 valence electrons. The van der Waals surface area contributed by atoms with Crippen LogP contribution in [0, 0.1) is 13.8 Å². The Bertz CT molecular complexity index is 510. The minimum Gasteiger partial charge on any atom is -0.392 e. The summed E-state index contributed by atoms with van der Waals surface area (Å²) in [6.45, 7) is 3.88. The monoisotopic (exact) mass is 258 g/mol. The Kier molecular flexibility index (Phi) is 3.88. The van der Waals surface area contributed by atoms with Crippen LogP contribution in [0.1, 0.15) is 11.1 Å². The molecule has 0 aliphatic carbocycles. The van der Waals surface area contributed by atoms with Crippen LogP contribution < -0.4 is 10.5 Å². The number of nitrogens with two attached hydrogens (primary N) is 1. The van der Waals surface area contributed by atoms with Crippen molar-refractivity contribution in [1.82, 2.24) is 0 Å². The summed E-state index contributed by atoms with van der Waals surface area (Å²) in [7, 11) is -3.48. The molecule has 0 atom stereocenters. The van der Waals surface area contributed by atoms with Crippen molar-refractivity contribution in [1.29, 1.82) is 0 Å². The molecule has 1 rings (SSSR count). The highest BCUT2D eigenvalue weighted by Crippen LogP contribution is 2.15. The molecule has 0 amide bonds. The topological polar surface area (TPSA) is 72.2 Å². The first-order valence-electron chi connectivity index (χ1n) is 4.66. The second kappa shape index (κ2) is 4.80. The lowest BCUT2D eigenvalue weighted by atomic mass is 10.1. The third kappa shape index (κ3) is 3.79. The number of rotatable bonds is 4. The molecule has 0 saturated heterocycles. The zero-order chi connectivity index (χ0) is 12.3. The summed E-state index contributed by atoms with van der Waals surface area (Å²) in [5, 5.41) is 0. The molecule has 6 heteroatoms. The van der Waals surface area contributed by atoms with Crippen molar-refractivity contribution in [3.8, 4) is 0 Å². The fourth-order valence-corrected chi connectivity index (χ4v) is 2.61. The first-order chi connectivity index (χ1) is 7.30. The van der Waals surface area contributed by atoms with Crippen molar-refractivity contribution < 1.29 is 8.42 Å². The summed E-state index contributed by atoms with van der Waals surface area (Å²) in [6.07, 6.45) is 0.